The number of carboxylic acid groups (broad SMARTS) is 1. The predicted octanol–water partition coefficient (Wildman–Crippen LogP) is 1.31. The van der Waals surface area contributed by atoms with Gasteiger partial charge in [-0.15, -0.1) is 0 Å². The number of nitrogens with zero attached hydrogens (tertiary/aromatic N) is 1. The molecule has 4 nitrogen and oxygen atoms in total. The summed E-state index contributed by atoms with van der Waals surface area (Å²) in [5, 5.41) is 8.78. The smallest absolute Gasteiger partial charge is 0.323 e. The Hall–Kier alpha value is -0.710. The lowest BCUT2D eigenvalue weighted by molar-refractivity contribution is -0.145. The van der Waals surface area contributed by atoms with E-state index >= 15 is 0 Å². The molecule has 1 N–H and O–H groups in total. The monoisotopic (exact) mass is 245 g/mol. The van der Waals surface area contributed by atoms with Crippen molar-refractivity contribution in [3.63, 3.8) is 0 Å². The van der Waals surface area contributed by atoms with Gasteiger partial charge in [-0.1, -0.05) is 6.92 Å². The molecule has 0 aromatic carbocycles. The van der Waals surface area contributed by atoms with Crippen LogP contribution in [0.25, 0.3) is 0 Å². The van der Waals surface area contributed by atoms with Gasteiger partial charge >= 0.3 is 5.97 Å². The summed E-state index contributed by atoms with van der Waals surface area (Å²) in [5.41, 5.74) is 0. The highest BCUT2D eigenvalue weighted by Crippen LogP contribution is 2.30. The summed E-state index contributed by atoms with van der Waals surface area (Å²) in [4.78, 5) is 24.2. The molecule has 1 aliphatic carbocycles. The van der Waals surface area contributed by atoms with E-state index in [0.717, 1.165) is 18.6 Å². The standard InChI is InChI=1S/C11H19NO3S/c1-8(7-16-2)11(15)12(6-10(13)14)5-9-3-4-9/h8-9H,3-7H2,1-2H3,(H,13,14). The molecule has 0 aliphatic heterocycles. The molecular formula is C11H19NO3S. The number of carbonyl (C=O) groups excluding carboxylic acids is 1. The van der Waals surface area contributed by atoms with Gasteiger partial charge in [-0.2, -0.15) is 11.8 Å². The summed E-state index contributed by atoms with van der Waals surface area (Å²) in [6, 6.07) is 0. The molecule has 16 heavy (non-hydrogen) atoms. The third kappa shape index (κ3) is 4.43. The summed E-state index contributed by atoms with van der Waals surface area (Å²) < 4.78 is 0. The van der Waals surface area contributed by atoms with E-state index in [2.05, 4.69) is 0 Å². The summed E-state index contributed by atoms with van der Waals surface area (Å²) in [7, 11) is 0. The first-order valence-electron chi connectivity index (χ1n) is 5.54. The van der Waals surface area contributed by atoms with E-state index in [4.69, 9.17) is 5.11 Å². The SMILES string of the molecule is CSCC(C)C(=O)N(CC(=O)O)CC1CC1. The van der Waals surface area contributed by atoms with Gasteiger partial charge in [0.15, 0.2) is 0 Å². The molecule has 1 unspecified atom stereocenters. The molecule has 1 rings (SSSR count). The molecule has 92 valence electrons. The van der Waals surface area contributed by atoms with Crippen LogP contribution in [0.4, 0.5) is 0 Å². The number of hydrogen-bond acceptors (Lipinski definition) is 3. The quantitative estimate of drug-likeness (QED) is 0.734. The highest BCUT2D eigenvalue weighted by atomic mass is 32.2. The first-order chi connectivity index (χ1) is 7.54. The maximum atomic E-state index is 12.0. The molecule has 1 saturated carbocycles. The van der Waals surface area contributed by atoms with E-state index in [9.17, 15) is 9.59 Å². The number of rotatable bonds is 7. The fourth-order valence-corrected chi connectivity index (χ4v) is 2.28. The van der Waals surface area contributed by atoms with Crippen LogP contribution in [-0.4, -0.2) is 47.0 Å². The average molecular weight is 245 g/mol. The Morgan fingerprint density at radius 2 is 2.12 bits per heavy atom. The molecule has 0 heterocycles. The van der Waals surface area contributed by atoms with Gasteiger partial charge in [-0.05, 0) is 25.0 Å². The van der Waals surface area contributed by atoms with Gasteiger partial charge in [0.2, 0.25) is 5.91 Å². The van der Waals surface area contributed by atoms with Crippen molar-refractivity contribution in [1.82, 2.24) is 4.90 Å². The zero-order chi connectivity index (χ0) is 12.1. The molecule has 1 fully saturated rings. The third-order valence-electron chi connectivity index (χ3n) is 2.65. The fourth-order valence-electron chi connectivity index (χ4n) is 1.64. The van der Waals surface area contributed by atoms with Crippen LogP contribution in [0.3, 0.4) is 0 Å². The maximum Gasteiger partial charge on any atom is 0.323 e. The largest absolute Gasteiger partial charge is 0.480 e. The molecule has 0 bridgehead atoms. The second kappa shape index (κ2) is 6.13. The van der Waals surface area contributed by atoms with Crippen molar-refractivity contribution in [3.05, 3.63) is 0 Å². The number of aliphatic carboxylic acids is 1. The van der Waals surface area contributed by atoms with Crippen LogP contribution in [0, 0.1) is 11.8 Å². The van der Waals surface area contributed by atoms with Gasteiger partial charge in [0.1, 0.15) is 6.54 Å². The van der Waals surface area contributed by atoms with Crippen molar-refractivity contribution in [1.29, 1.82) is 0 Å². The normalized spacial score (nSPS) is 16.9. The predicted molar refractivity (Wildman–Crippen MR) is 64.5 cm³/mol. The van der Waals surface area contributed by atoms with E-state index in [1.807, 2.05) is 13.2 Å². The minimum atomic E-state index is -0.926. The highest BCUT2D eigenvalue weighted by Gasteiger charge is 2.29. The third-order valence-corrected chi connectivity index (χ3v) is 3.48. The van der Waals surface area contributed by atoms with Crippen LogP contribution in [-0.2, 0) is 9.59 Å². The second-order valence-electron chi connectivity index (χ2n) is 4.41. The van der Waals surface area contributed by atoms with Crippen molar-refractivity contribution in [2.45, 2.75) is 19.8 Å². The van der Waals surface area contributed by atoms with E-state index < -0.39 is 5.97 Å². The van der Waals surface area contributed by atoms with Crippen molar-refractivity contribution < 1.29 is 14.7 Å². The second-order valence-corrected chi connectivity index (χ2v) is 5.32. The minimum absolute atomic E-state index is 0.0244. The number of thioether (sulfide) groups is 1. The lowest BCUT2D eigenvalue weighted by Gasteiger charge is -2.23. The van der Waals surface area contributed by atoms with Crippen LogP contribution >= 0.6 is 11.8 Å². The highest BCUT2D eigenvalue weighted by molar-refractivity contribution is 7.98. The lowest BCUT2D eigenvalue weighted by Crippen LogP contribution is -2.40. The molecule has 1 amide bonds. The Morgan fingerprint density at radius 1 is 1.50 bits per heavy atom. The van der Waals surface area contributed by atoms with Gasteiger partial charge in [-0.3, -0.25) is 9.59 Å². The molecule has 1 atom stereocenters. The van der Waals surface area contributed by atoms with Gasteiger partial charge in [0.05, 0.1) is 0 Å². The van der Waals surface area contributed by atoms with Gasteiger partial charge in [-0.25, -0.2) is 0 Å². The van der Waals surface area contributed by atoms with Crippen molar-refractivity contribution in [2.75, 3.05) is 25.1 Å². The number of carboxylic acids is 1. The Morgan fingerprint density at radius 3 is 2.56 bits per heavy atom. The average Bonchev–Trinajstić information content (AvgIpc) is 2.99. The summed E-state index contributed by atoms with van der Waals surface area (Å²) in [5.74, 6) is 0.242. The topological polar surface area (TPSA) is 57.6 Å². The Labute approximate surface area is 100 Å². The molecule has 0 aromatic heterocycles. The Bertz CT molecular complexity index is 266. The van der Waals surface area contributed by atoms with Crippen molar-refractivity contribution >= 4 is 23.6 Å². The first kappa shape index (κ1) is 13.4. The van der Waals surface area contributed by atoms with Crippen LogP contribution in [0.5, 0.6) is 0 Å². The summed E-state index contributed by atoms with van der Waals surface area (Å²) in [6.45, 7) is 2.32. The van der Waals surface area contributed by atoms with Crippen LogP contribution in [0.1, 0.15) is 19.8 Å². The number of amides is 1. The number of carbonyl (C=O) groups is 2. The molecule has 0 spiro atoms. The number of hydrogen-bond donors (Lipinski definition) is 1. The zero-order valence-electron chi connectivity index (χ0n) is 9.81. The molecule has 5 heteroatoms. The van der Waals surface area contributed by atoms with E-state index in [-0.39, 0.29) is 18.4 Å². The van der Waals surface area contributed by atoms with E-state index in [1.165, 1.54) is 4.90 Å². The van der Waals surface area contributed by atoms with Crippen molar-refractivity contribution in [3.8, 4) is 0 Å². The van der Waals surface area contributed by atoms with Crippen molar-refractivity contribution in [2.24, 2.45) is 11.8 Å². The van der Waals surface area contributed by atoms with E-state index in [0.29, 0.717) is 12.5 Å². The van der Waals surface area contributed by atoms with Gasteiger partial charge in [0, 0.05) is 18.2 Å². The maximum absolute atomic E-state index is 12.0. The Kier molecular flexibility index (Phi) is 5.12. The molecular weight excluding hydrogens is 226 g/mol. The lowest BCUT2D eigenvalue weighted by atomic mass is 10.1. The zero-order valence-corrected chi connectivity index (χ0v) is 10.6. The molecule has 1 aliphatic rings. The van der Waals surface area contributed by atoms with Crippen LogP contribution < -0.4 is 0 Å². The molecule has 0 aromatic rings. The van der Waals surface area contributed by atoms with Gasteiger partial charge in [0.25, 0.3) is 0 Å². The minimum Gasteiger partial charge on any atom is -0.480 e. The van der Waals surface area contributed by atoms with E-state index in [1.54, 1.807) is 11.8 Å². The van der Waals surface area contributed by atoms with Crippen LogP contribution in [0.15, 0.2) is 0 Å². The summed E-state index contributed by atoms with van der Waals surface area (Å²) >= 11 is 1.61. The van der Waals surface area contributed by atoms with Gasteiger partial charge < -0.3 is 10.0 Å². The Balaban J connectivity index is 2.51. The summed E-state index contributed by atoms with van der Waals surface area (Å²) in [6.07, 6.45) is 4.20. The first-order valence-corrected chi connectivity index (χ1v) is 6.93. The fraction of sp³-hybridized carbons (Fsp3) is 0.818. The molecule has 0 saturated heterocycles. The van der Waals surface area contributed by atoms with Crippen LogP contribution in [0.2, 0.25) is 0 Å². The molecule has 0 radical (unpaired) electrons.